The van der Waals surface area contributed by atoms with Gasteiger partial charge in [-0.05, 0) is 31.4 Å². The Bertz CT molecular complexity index is 347. The Labute approximate surface area is 89.1 Å². The van der Waals surface area contributed by atoms with Crippen LogP contribution < -0.4 is 0 Å². The fraction of sp³-hybridized carbons (Fsp3) is 0.583. The molecule has 1 nitrogen and oxygen atoms in total. The van der Waals surface area contributed by atoms with Gasteiger partial charge in [0.25, 0.3) is 0 Å². The number of thiophene rings is 1. The molecule has 2 rings (SSSR count). The Hall–Kier alpha value is -0.630. The number of carbonyl (C=O) groups excluding carboxylic acids is 1. The Kier molecular flexibility index (Phi) is 2.48. The summed E-state index contributed by atoms with van der Waals surface area (Å²) in [5.74, 6) is 0.432. The van der Waals surface area contributed by atoms with Crippen LogP contribution in [0.25, 0.3) is 0 Å². The minimum Gasteiger partial charge on any atom is -0.299 e. The van der Waals surface area contributed by atoms with Gasteiger partial charge in [0.2, 0.25) is 0 Å². The highest BCUT2D eigenvalue weighted by Gasteiger charge is 2.44. The van der Waals surface area contributed by atoms with Gasteiger partial charge < -0.3 is 0 Å². The third-order valence-electron chi connectivity index (χ3n) is 3.07. The topological polar surface area (TPSA) is 17.1 Å². The molecular formula is C12H16OS. The average Bonchev–Trinajstić information content (AvgIpc) is 2.77. The third-order valence-corrected chi connectivity index (χ3v) is 4.30. The van der Waals surface area contributed by atoms with E-state index >= 15 is 0 Å². The predicted octanol–water partition coefficient (Wildman–Crippen LogP) is 3.22. The molecule has 0 aliphatic heterocycles. The van der Waals surface area contributed by atoms with Gasteiger partial charge in [-0.1, -0.05) is 13.8 Å². The molecule has 0 atom stereocenters. The molecule has 1 fully saturated rings. The van der Waals surface area contributed by atoms with Gasteiger partial charge in [0.05, 0.1) is 0 Å². The Morgan fingerprint density at radius 3 is 2.57 bits per heavy atom. The summed E-state index contributed by atoms with van der Waals surface area (Å²) in [6.07, 6.45) is 3.92. The van der Waals surface area contributed by atoms with Gasteiger partial charge in [0.15, 0.2) is 0 Å². The quantitative estimate of drug-likeness (QED) is 0.742. The molecule has 0 N–H and O–H groups in total. The first kappa shape index (κ1) is 9.91. The number of aryl methyl sites for hydroxylation is 1. The van der Waals surface area contributed by atoms with Crippen LogP contribution >= 0.6 is 11.3 Å². The van der Waals surface area contributed by atoms with E-state index in [9.17, 15) is 4.79 Å². The van der Waals surface area contributed by atoms with Crippen molar-refractivity contribution in [3.63, 3.8) is 0 Å². The minimum atomic E-state index is 0.0381. The third kappa shape index (κ3) is 1.90. The van der Waals surface area contributed by atoms with Crippen LogP contribution in [0.3, 0.4) is 0 Å². The van der Waals surface area contributed by atoms with Crippen molar-refractivity contribution in [1.29, 1.82) is 0 Å². The molecule has 0 spiro atoms. The highest BCUT2D eigenvalue weighted by molar-refractivity contribution is 7.12. The van der Waals surface area contributed by atoms with E-state index in [4.69, 9.17) is 0 Å². The zero-order valence-corrected chi connectivity index (χ0v) is 9.62. The van der Waals surface area contributed by atoms with Gasteiger partial charge in [-0.25, -0.2) is 0 Å². The average molecular weight is 208 g/mol. The lowest BCUT2D eigenvalue weighted by molar-refractivity contribution is -0.122. The maximum Gasteiger partial charge on any atom is 0.143 e. The highest BCUT2D eigenvalue weighted by atomic mass is 32.1. The van der Waals surface area contributed by atoms with Crippen molar-refractivity contribution < 1.29 is 4.79 Å². The first-order valence-electron chi connectivity index (χ1n) is 5.25. The smallest absolute Gasteiger partial charge is 0.143 e. The summed E-state index contributed by atoms with van der Waals surface area (Å²) in [5.41, 5.74) is 0.0381. The summed E-state index contributed by atoms with van der Waals surface area (Å²) in [7, 11) is 0. The molecule has 0 saturated heterocycles. The number of ketones is 1. The lowest BCUT2D eigenvalue weighted by Crippen LogP contribution is -2.13. The van der Waals surface area contributed by atoms with E-state index in [0.717, 1.165) is 19.3 Å². The molecule has 0 aromatic carbocycles. The fourth-order valence-corrected chi connectivity index (χ4v) is 2.50. The van der Waals surface area contributed by atoms with Crippen LogP contribution in [-0.2, 0) is 17.6 Å². The van der Waals surface area contributed by atoms with E-state index in [1.807, 2.05) is 0 Å². The van der Waals surface area contributed by atoms with Crippen molar-refractivity contribution >= 4 is 17.1 Å². The van der Waals surface area contributed by atoms with Crippen LogP contribution in [-0.4, -0.2) is 5.78 Å². The van der Waals surface area contributed by atoms with Gasteiger partial charge in [0, 0.05) is 21.6 Å². The monoisotopic (exact) mass is 208 g/mol. The number of hydrogen-bond acceptors (Lipinski definition) is 2. The first-order chi connectivity index (χ1) is 6.64. The molecule has 0 radical (unpaired) electrons. The summed E-state index contributed by atoms with van der Waals surface area (Å²) in [6, 6.07) is 4.25. The summed E-state index contributed by atoms with van der Waals surface area (Å²) in [4.78, 5) is 14.4. The lowest BCUT2D eigenvalue weighted by Gasteiger charge is -2.04. The van der Waals surface area contributed by atoms with Gasteiger partial charge in [-0.15, -0.1) is 11.3 Å². The van der Waals surface area contributed by atoms with Gasteiger partial charge in [-0.2, -0.15) is 0 Å². The lowest BCUT2D eigenvalue weighted by atomic mass is 10.0. The molecule has 1 aromatic heterocycles. The SMILES string of the molecule is CCc1ccc(CC(=O)C2(C)CC2)s1. The molecule has 14 heavy (non-hydrogen) atoms. The molecule has 0 unspecified atom stereocenters. The van der Waals surface area contributed by atoms with Crippen molar-refractivity contribution in [2.24, 2.45) is 5.41 Å². The second-order valence-electron chi connectivity index (χ2n) is 4.38. The van der Waals surface area contributed by atoms with Gasteiger partial charge in [-0.3, -0.25) is 4.79 Å². The van der Waals surface area contributed by atoms with E-state index in [1.165, 1.54) is 9.75 Å². The number of rotatable bonds is 4. The predicted molar refractivity (Wildman–Crippen MR) is 59.7 cm³/mol. The van der Waals surface area contributed by atoms with Crippen molar-refractivity contribution in [2.45, 2.75) is 39.5 Å². The number of carbonyl (C=O) groups is 1. The molecule has 1 heterocycles. The van der Waals surface area contributed by atoms with Crippen LogP contribution in [0.15, 0.2) is 12.1 Å². The van der Waals surface area contributed by atoms with E-state index in [1.54, 1.807) is 11.3 Å². The van der Waals surface area contributed by atoms with Crippen molar-refractivity contribution in [1.82, 2.24) is 0 Å². The molecule has 1 aromatic rings. The molecule has 76 valence electrons. The van der Waals surface area contributed by atoms with E-state index in [2.05, 4.69) is 26.0 Å². The van der Waals surface area contributed by atoms with Crippen LogP contribution in [0, 0.1) is 5.41 Å². The van der Waals surface area contributed by atoms with Crippen LogP contribution in [0.5, 0.6) is 0 Å². The highest BCUT2D eigenvalue weighted by Crippen LogP contribution is 2.46. The molecular weight excluding hydrogens is 192 g/mol. The Morgan fingerprint density at radius 1 is 1.43 bits per heavy atom. The molecule has 1 saturated carbocycles. The zero-order chi connectivity index (χ0) is 10.2. The Balaban J connectivity index is 2.00. The maximum atomic E-state index is 11.8. The number of hydrogen-bond donors (Lipinski definition) is 0. The van der Waals surface area contributed by atoms with Crippen LogP contribution in [0.4, 0.5) is 0 Å². The summed E-state index contributed by atoms with van der Waals surface area (Å²) >= 11 is 1.78. The van der Waals surface area contributed by atoms with Crippen molar-refractivity contribution in [3.05, 3.63) is 21.9 Å². The normalized spacial score (nSPS) is 18.1. The van der Waals surface area contributed by atoms with E-state index in [-0.39, 0.29) is 5.41 Å². The first-order valence-corrected chi connectivity index (χ1v) is 6.06. The van der Waals surface area contributed by atoms with Gasteiger partial charge in [0.1, 0.15) is 5.78 Å². The summed E-state index contributed by atoms with van der Waals surface area (Å²) in [5, 5.41) is 0. The minimum absolute atomic E-state index is 0.0381. The van der Waals surface area contributed by atoms with Crippen molar-refractivity contribution in [2.75, 3.05) is 0 Å². The standard InChI is InChI=1S/C12H16OS/c1-3-9-4-5-10(14-9)8-11(13)12(2)6-7-12/h4-5H,3,6-8H2,1-2H3. The van der Waals surface area contributed by atoms with E-state index in [0.29, 0.717) is 12.2 Å². The maximum absolute atomic E-state index is 11.8. The molecule has 1 aliphatic rings. The van der Waals surface area contributed by atoms with Crippen LogP contribution in [0.2, 0.25) is 0 Å². The largest absolute Gasteiger partial charge is 0.299 e. The molecule has 0 amide bonds. The van der Waals surface area contributed by atoms with E-state index < -0.39 is 0 Å². The summed E-state index contributed by atoms with van der Waals surface area (Å²) in [6.45, 7) is 4.24. The van der Waals surface area contributed by atoms with Crippen molar-refractivity contribution in [3.8, 4) is 0 Å². The second kappa shape index (κ2) is 3.50. The molecule has 0 bridgehead atoms. The summed E-state index contributed by atoms with van der Waals surface area (Å²) < 4.78 is 0. The molecule has 1 aliphatic carbocycles. The molecule has 2 heteroatoms. The van der Waals surface area contributed by atoms with Gasteiger partial charge >= 0.3 is 0 Å². The Morgan fingerprint density at radius 2 is 2.07 bits per heavy atom. The fourth-order valence-electron chi connectivity index (χ4n) is 1.55. The second-order valence-corrected chi connectivity index (χ2v) is 5.64. The van der Waals surface area contributed by atoms with Crippen LogP contribution in [0.1, 0.15) is 36.4 Å². The zero-order valence-electron chi connectivity index (χ0n) is 8.80. The number of Topliss-reactive ketones (excluding diaryl/α,β-unsaturated/α-hetero) is 1.